The molecule has 1 N–H and O–H groups in total. The molecule has 0 saturated carbocycles. The minimum Gasteiger partial charge on any atom is -0.387 e. The van der Waals surface area contributed by atoms with E-state index in [-0.39, 0.29) is 22.0 Å². The van der Waals surface area contributed by atoms with Gasteiger partial charge in [0.15, 0.2) is 5.75 Å². The molecular weight excluding hydrogens is 598 g/mol. The highest BCUT2D eigenvalue weighted by Crippen LogP contribution is 2.33. The molecule has 0 fully saturated rings. The number of aryl methyl sites for hydroxylation is 1. The summed E-state index contributed by atoms with van der Waals surface area (Å²) in [6.07, 6.45) is 0.752. The predicted molar refractivity (Wildman–Crippen MR) is 171 cm³/mol. The smallest absolute Gasteiger partial charge is 0.355 e. The number of aliphatic hydroxyl groups excluding tert-OH is 1. The topological polar surface area (TPSA) is 93.1 Å². The van der Waals surface area contributed by atoms with Crippen molar-refractivity contribution in [1.82, 2.24) is 4.90 Å². The fraction of sp³-hybridized carbons (Fsp3) is 0.286. The van der Waals surface area contributed by atoms with Crippen LogP contribution in [0.1, 0.15) is 53.7 Å². The summed E-state index contributed by atoms with van der Waals surface area (Å²) in [7, 11) is -3.87. The van der Waals surface area contributed by atoms with Crippen LogP contribution in [0.25, 0.3) is 0 Å². The molecule has 0 heterocycles. The van der Waals surface area contributed by atoms with Gasteiger partial charge >= 0.3 is 5.97 Å². The Labute approximate surface area is 264 Å². The average Bonchev–Trinajstić information content (AvgIpc) is 3.00. The Kier molecular flexibility index (Phi) is 11.6. The van der Waals surface area contributed by atoms with Crippen molar-refractivity contribution in [3.8, 4) is 5.75 Å². The quantitative estimate of drug-likeness (QED) is 0.116. The van der Waals surface area contributed by atoms with Gasteiger partial charge in [-0.15, -0.1) is 0 Å². The minimum absolute atomic E-state index is 0.0847. The number of benzene rings is 4. The van der Waals surface area contributed by atoms with E-state index in [1.165, 1.54) is 0 Å². The van der Waals surface area contributed by atoms with Crippen molar-refractivity contribution in [2.75, 3.05) is 13.1 Å². The molecule has 0 aromatic heterocycles. The summed E-state index contributed by atoms with van der Waals surface area (Å²) in [6, 6.07) is 27.3. The number of carbonyl (C=O) groups excluding carboxylic acids is 1. The normalized spacial score (nSPS) is 12.2. The summed E-state index contributed by atoms with van der Waals surface area (Å²) in [5.74, 6) is -0.304. The lowest BCUT2D eigenvalue weighted by Gasteiger charge is -2.25. The predicted octanol–water partition coefficient (Wildman–Crippen LogP) is 7.21. The maximum absolute atomic E-state index is 13.6. The molecule has 0 bridgehead atoms. The molecule has 0 aliphatic rings. The van der Waals surface area contributed by atoms with Gasteiger partial charge in [-0.05, 0) is 79.3 Å². The van der Waals surface area contributed by atoms with Gasteiger partial charge in [-0.1, -0.05) is 79.2 Å². The Balaban J connectivity index is 1.48. The number of aliphatic hydroxyl groups is 1. The van der Waals surface area contributed by atoms with Gasteiger partial charge in [-0.2, -0.15) is 0 Å². The molecule has 0 saturated heterocycles. The molecule has 9 heteroatoms. The number of hydrogen-bond acceptors (Lipinski definition) is 7. The van der Waals surface area contributed by atoms with Crippen molar-refractivity contribution in [1.29, 1.82) is 0 Å². The Hall–Kier alpha value is -3.69. The molecular formula is C35H38ClNO6S. The van der Waals surface area contributed by atoms with E-state index in [4.69, 9.17) is 21.4 Å². The van der Waals surface area contributed by atoms with Gasteiger partial charge in [-0.25, -0.2) is 13.2 Å². The van der Waals surface area contributed by atoms with Crippen LogP contribution < -0.4 is 4.89 Å². The van der Waals surface area contributed by atoms with Crippen LogP contribution in [0.4, 0.5) is 0 Å². The molecule has 0 aliphatic heterocycles. The highest BCUT2D eigenvalue weighted by Gasteiger charge is 2.24. The zero-order chi connectivity index (χ0) is 31.7. The van der Waals surface area contributed by atoms with Crippen LogP contribution in [0.5, 0.6) is 5.75 Å². The van der Waals surface area contributed by atoms with Crippen LogP contribution in [0.2, 0.25) is 5.02 Å². The van der Waals surface area contributed by atoms with Crippen LogP contribution in [0, 0.1) is 13.8 Å². The van der Waals surface area contributed by atoms with Crippen LogP contribution >= 0.6 is 11.6 Å². The molecule has 1 atom stereocenters. The van der Waals surface area contributed by atoms with Crippen molar-refractivity contribution in [3.05, 3.63) is 124 Å². The summed E-state index contributed by atoms with van der Waals surface area (Å²) < 4.78 is 27.2. The standard InChI is InChI=1S/C35H38ClNO6S/c1-4-9-34(39)42-43-35-25(2)14-19-33(26(35)3)44(40,41)31-17-15-27(16-18-31)20-21-37(23-28-10-6-5-7-11-28)24-32(38)29-12-8-13-30(36)22-29/h5-8,10-19,22,32,38H,4,9,20-21,23-24H2,1-3H3/t32-/m0/s1. The minimum atomic E-state index is -3.87. The van der Waals surface area contributed by atoms with Crippen molar-refractivity contribution in [2.45, 2.75) is 62.5 Å². The van der Waals surface area contributed by atoms with E-state index in [0.29, 0.717) is 48.6 Å². The SMILES string of the molecule is CCCC(=O)OOc1c(C)ccc(S(=O)(=O)c2ccc(CCN(Cc3ccccc3)C[C@H](O)c3cccc(Cl)c3)cc2)c1C. The summed E-state index contributed by atoms with van der Waals surface area (Å²) >= 11 is 6.15. The van der Waals surface area contributed by atoms with E-state index in [2.05, 4.69) is 17.0 Å². The van der Waals surface area contributed by atoms with Gasteiger partial charge in [0.05, 0.1) is 15.9 Å². The summed E-state index contributed by atoms with van der Waals surface area (Å²) in [5.41, 5.74) is 3.87. The van der Waals surface area contributed by atoms with E-state index in [9.17, 15) is 18.3 Å². The number of rotatable bonds is 14. The number of sulfone groups is 1. The van der Waals surface area contributed by atoms with E-state index >= 15 is 0 Å². The summed E-state index contributed by atoms with van der Waals surface area (Å²) in [6.45, 7) is 6.95. The lowest BCUT2D eigenvalue weighted by molar-refractivity contribution is -0.214. The third kappa shape index (κ3) is 8.70. The van der Waals surface area contributed by atoms with Gasteiger partial charge in [0, 0.05) is 36.6 Å². The molecule has 232 valence electrons. The van der Waals surface area contributed by atoms with Gasteiger partial charge in [0.25, 0.3) is 0 Å². The Morgan fingerprint density at radius 3 is 2.34 bits per heavy atom. The molecule has 0 unspecified atom stereocenters. The van der Waals surface area contributed by atoms with E-state index in [0.717, 1.165) is 16.7 Å². The second kappa shape index (κ2) is 15.3. The van der Waals surface area contributed by atoms with Gasteiger partial charge < -0.3 is 5.11 Å². The van der Waals surface area contributed by atoms with Crippen molar-refractivity contribution in [3.63, 3.8) is 0 Å². The lowest BCUT2D eigenvalue weighted by Crippen LogP contribution is -2.30. The highest BCUT2D eigenvalue weighted by molar-refractivity contribution is 7.91. The summed E-state index contributed by atoms with van der Waals surface area (Å²) in [4.78, 5) is 24.4. The van der Waals surface area contributed by atoms with Gasteiger partial charge in [-0.3, -0.25) is 14.7 Å². The van der Waals surface area contributed by atoms with Crippen LogP contribution in [-0.2, 0) is 32.5 Å². The average molecular weight is 636 g/mol. The Morgan fingerprint density at radius 1 is 0.932 bits per heavy atom. The largest absolute Gasteiger partial charge is 0.387 e. The monoisotopic (exact) mass is 635 g/mol. The number of nitrogens with zero attached hydrogens (tertiary/aromatic N) is 1. The van der Waals surface area contributed by atoms with Crippen LogP contribution in [0.15, 0.2) is 101 Å². The fourth-order valence-electron chi connectivity index (χ4n) is 4.95. The molecule has 4 rings (SSSR count). The first-order chi connectivity index (χ1) is 21.1. The van der Waals surface area contributed by atoms with Crippen LogP contribution in [0.3, 0.4) is 0 Å². The fourth-order valence-corrected chi connectivity index (χ4v) is 6.64. The molecule has 0 radical (unpaired) electrons. The maximum Gasteiger partial charge on any atom is 0.355 e. The van der Waals surface area contributed by atoms with E-state index in [1.54, 1.807) is 50.2 Å². The molecule has 44 heavy (non-hydrogen) atoms. The maximum atomic E-state index is 13.6. The second-order valence-electron chi connectivity index (χ2n) is 10.8. The summed E-state index contributed by atoms with van der Waals surface area (Å²) in [5, 5.41) is 11.5. The number of carbonyl (C=O) groups is 1. The van der Waals surface area contributed by atoms with Crippen LogP contribution in [-0.4, -0.2) is 37.5 Å². The van der Waals surface area contributed by atoms with Gasteiger partial charge in [0.1, 0.15) is 0 Å². The molecule has 0 spiro atoms. The second-order valence-corrected chi connectivity index (χ2v) is 13.2. The molecule has 0 aliphatic carbocycles. The lowest BCUT2D eigenvalue weighted by atomic mass is 10.1. The van der Waals surface area contributed by atoms with Crippen molar-refractivity contribution < 1.29 is 28.1 Å². The highest BCUT2D eigenvalue weighted by atomic mass is 35.5. The zero-order valence-corrected chi connectivity index (χ0v) is 26.8. The Morgan fingerprint density at radius 2 is 1.66 bits per heavy atom. The third-order valence-corrected chi connectivity index (χ3v) is 9.53. The molecule has 0 amide bonds. The third-order valence-electron chi connectivity index (χ3n) is 7.38. The number of hydrogen-bond donors (Lipinski definition) is 1. The first-order valence-corrected chi connectivity index (χ1v) is 16.5. The zero-order valence-electron chi connectivity index (χ0n) is 25.2. The van der Waals surface area contributed by atoms with Gasteiger partial charge in [0.2, 0.25) is 9.84 Å². The van der Waals surface area contributed by atoms with E-state index in [1.807, 2.05) is 49.4 Å². The van der Waals surface area contributed by atoms with Crippen molar-refractivity contribution >= 4 is 27.4 Å². The molecule has 7 nitrogen and oxygen atoms in total. The number of halogens is 1. The molecule has 4 aromatic carbocycles. The van der Waals surface area contributed by atoms with Crippen molar-refractivity contribution in [2.24, 2.45) is 0 Å². The first-order valence-electron chi connectivity index (χ1n) is 14.6. The Bertz CT molecular complexity index is 1660. The van der Waals surface area contributed by atoms with E-state index < -0.39 is 21.9 Å². The molecule has 4 aromatic rings. The first kappa shape index (κ1) is 33.2.